The molecule has 0 radical (unpaired) electrons. The number of aryl methyl sites for hydroxylation is 1. The number of nitrogens with one attached hydrogen (secondary N) is 1. The van der Waals surface area contributed by atoms with Crippen molar-refractivity contribution in [3.63, 3.8) is 0 Å². The van der Waals surface area contributed by atoms with E-state index in [1.54, 1.807) is 22.7 Å². The molecule has 1 N–H and O–H groups in total. The molecule has 2 aromatic heterocycles. The third kappa shape index (κ3) is 4.15. The van der Waals surface area contributed by atoms with Crippen LogP contribution in [0.4, 0.5) is 0 Å². The summed E-state index contributed by atoms with van der Waals surface area (Å²) in [6.45, 7) is 5.31. The summed E-state index contributed by atoms with van der Waals surface area (Å²) in [7, 11) is 0. The van der Waals surface area contributed by atoms with Crippen LogP contribution in [0.25, 0.3) is 0 Å². The third-order valence-electron chi connectivity index (χ3n) is 2.71. The van der Waals surface area contributed by atoms with Crippen molar-refractivity contribution in [2.45, 2.75) is 39.2 Å². The summed E-state index contributed by atoms with van der Waals surface area (Å²) < 4.78 is 0. The lowest BCUT2D eigenvalue weighted by Crippen LogP contribution is -2.33. The van der Waals surface area contributed by atoms with Crippen LogP contribution in [-0.2, 0) is 12.8 Å². The molecule has 0 aliphatic heterocycles. The molecule has 0 saturated carbocycles. The van der Waals surface area contributed by atoms with Gasteiger partial charge in [0.15, 0.2) is 0 Å². The zero-order valence-corrected chi connectivity index (χ0v) is 12.5. The highest BCUT2D eigenvalue weighted by Crippen LogP contribution is 2.13. The molecule has 2 aromatic rings. The Morgan fingerprint density at radius 2 is 2.22 bits per heavy atom. The van der Waals surface area contributed by atoms with Gasteiger partial charge in [-0.1, -0.05) is 6.92 Å². The molecule has 1 atom stereocenters. The van der Waals surface area contributed by atoms with E-state index >= 15 is 0 Å². The minimum absolute atomic E-state index is 0.442. The molecule has 3 nitrogen and oxygen atoms in total. The van der Waals surface area contributed by atoms with Gasteiger partial charge in [0.25, 0.3) is 0 Å². The first-order valence-corrected chi connectivity index (χ1v) is 8.06. The summed E-state index contributed by atoms with van der Waals surface area (Å²) in [6, 6.07) is 0.442. The van der Waals surface area contributed by atoms with Gasteiger partial charge in [0.2, 0.25) is 0 Å². The molecule has 2 rings (SSSR count). The Morgan fingerprint density at radius 1 is 1.33 bits per heavy atom. The van der Waals surface area contributed by atoms with Crippen LogP contribution in [0.15, 0.2) is 17.0 Å². The van der Waals surface area contributed by atoms with Crippen molar-refractivity contribution >= 4 is 22.7 Å². The lowest BCUT2D eigenvalue weighted by molar-refractivity contribution is 0.500. The van der Waals surface area contributed by atoms with Gasteiger partial charge < -0.3 is 5.32 Å². The van der Waals surface area contributed by atoms with Crippen LogP contribution in [0.3, 0.4) is 0 Å². The number of nitrogens with zero attached hydrogens (tertiary/aromatic N) is 2. The first-order chi connectivity index (χ1) is 8.78. The maximum absolute atomic E-state index is 4.55. The Morgan fingerprint density at radius 3 is 2.83 bits per heavy atom. The zero-order valence-electron chi connectivity index (χ0n) is 10.8. The molecule has 1 unspecified atom stereocenters. The standard InChI is InChI=1S/C13H19N3S2/c1-3-4-14-11(8-13-15-5-6-17-13)7-12-9-18-10(2)16-12/h5-6,9,11,14H,3-4,7-8H2,1-2H3. The van der Waals surface area contributed by atoms with E-state index in [1.807, 2.05) is 11.6 Å². The summed E-state index contributed by atoms with van der Waals surface area (Å²) in [5, 5.41) is 10.2. The monoisotopic (exact) mass is 281 g/mol. The summed E-state index contributed by atoms with van der Waals surface area (Å²) in [6.07, 6.45) is 5.02. The van der Waals surface area contributed by atoms with Gasteiger partial charge >= 0.3 is 0 Å². The maximum Gasteiger partial charge on any atom is 0.0940 e. The second kappa shape index (κ2) is 6.97. The van der Waals surface area contributed by atoms with Gasteiger partial charge in [-0.3, -0.25) is 0 Å². The molecule has 0 aliphatic rings. The fraction of sp³-hybridized carbons (Fsp3) is 0.538. The Bertz CT molecular complexity index is 451. The number of hydrogen-bond donors (Lipinski definition) is 1. The molecule has 0 spiro atoms. The predicted octanol–water partition coefficient (Wildman–Crippen LogP) is 3.06. The van der Waals surface area contributed by atoms with Crippen LogP contribution in [-0.4, -0.2) is 22.6 Å². The average molecular weight is 281 g/mol. The molecule has 0 fully saturated rings. The van der Waals surface area contributed by atoms with E-state index in [2.05, 4.69) is 34.5 Å². The van der Waals surface area contributed by atoms with Gasteiger partial charge in [-0.25, -0.2) is 9.97 Å². The van der Waals surface area contributed by atoms with Gasteiger partial charge in [0.05, 0.1) is 15.7 Å². The highest BCUT2D eigenvalue weighted by Gasteiger charge is 2.13. The molecule has 0 amide bonds. The van der Waals surface area contributed by atoms with Crippen LogP contribution >= 0.6 is 22.7 Å². The lowest BCUT2D eigenvalue weighted by Gasteiger charge is -2.16. The Labute approximate surface area is 116 Å². The van der Waals surface area contributed by atoms with Gasteiger partial charge in [-0.05, 0) is 19.9 Å². The summed E-state index contributed by atoms with van der Waals surface area (Å²) in [5.41, 5.74) is 1.20. The van der Waals surface area contributed by atoms with Crippen molar-refractivity contribution in [2.75, 3.05) is 6.54 Å². The summed E-state index contributed by atoms with van der Waals surface area (Å²) >= 11 is 3.46. The number of rotatable bonds is 7. The predicted molar refractivity (Wildman–Crippen MR) is 78.5 cm³/mol. The zero-order chi connectivity index (χ0) is 12.8. The van der Waals surface area contributed by atoms with Crippen molar-refractivity contribution in [1.29, 1.82) is 0 Å². The van der Waals surface area contributed by atoms with Gasteiger partial charge in [0, 0.05) is 35.8 Å². The SMILES string of the molecule is CCCNC(Cc1csc(C)n1)Cc1nccs1. The smallest absolute Gasteiger partial charge is 0.0940 e. The Kier molecular flexibility index (Phi) is 5.28. The van der Waals surface area contributed by atoms with Crippen molar-refractivity contribution in [3.8, 4) is 0 Å². The van der Waals surface area contributed by atoms with E-state index in [1.165, 1.54) is 10.7 Å². The van der Waals surface area contributed by atoms with Crippen LogP contribution in [0.5, 0.6) is 0 Å². The summed E-state index contributed by atoms with van der Waals surface area (Å²) in [4.78, 5) is 8.92. The van der Waals surface area contributed by atoms with Gasteiger partial charge in [-0.15, -0.1) is 22.7 Å². The van der Waals surface area contributed by atoms with Crippen molar-refractivity contribution in [3.05, 3.63) is 32.7 Å². The van der Waals surface area contributed by atoms with Crippen LogP contribution in [0, 0.1) is 6.92 Å². The van der Waals surface area contributed by atoms with Crippen LogP contribution in [0.1, 0.15) is 29.1 Å². The molecule has 5 heteroatoms. The van der Waals surface area contributed by atoms with E-state index < -0.39 is 0 Å². The molecule has 0 saturated heterocycles. The average Bonchev–Trinajstić information content (AvgIpc) is 2.98. The van der Waals surface area contributed by atoms with Crippen molar-refractivity contribution in [1.82, 2.24) is 15.3 Å². The van der Waals surface area contributed by atoms with E-state index in [4.69, 9.17) is 0 Å². The molecule has 0 aliphatic carbocycles. The fourth-order valence-corrected chi connectivity index (χ4v) is 3.21. The van der Waals surface area contributed by atoms with Crippen LogP contribution < -0.4 is 5.32 Å². The number of aromatic nitrogens is 2. The number of hydrogen-bond acceptors (Lipinski definition) is 5. The highest BCUT2D eigenvalue weighted by molar-refractivity contribution is 7.09. The topological polar surface area (TPSA) is 37.8 Å². The number of thiazole rings is 2. The Balaban J connectivity index is 1.95. The molecule has 18 heavy (non-hydrogen) atoms. The molecule has 98 valence electrons. The first-order valence-electron chi connectivity index (χ1n) is 6.30. The maximum atomic E-state index is 4.55. The second-order valence-electron chi connectivity index (χ2n) is 4.34. The minimum Gasteiger partial charge on any atom is -0.313 e. The molecular weight excluding hydrogens is 262 g/mol. The quantitative estimate of drug-likeness (QED) is 0.847. The molecular formula is C13H19N3S2. The molecule has 0 aromatic carbocycles. The van der Waals surface area contributed by atoms with Gasteiger partial charge in [0.1, 0.15) is 0 Å². The normalized spacial score (nSPS) is 12.8. The van der Waals surface area contributed by atoms with E-state index in [9.17, 15) is 0 Å². The Hall–Kier alpha value is -0.780. The molecule has 2 heterocycles. The minimum atomic E-state index is 0.442. The molecule has 0 bridgehead atoms. The largest absolute Gasteiger partial charge is 0.313 e. The lowest BCUT2D eigenvalue weighted by atomic mass is 10.1. The third-order valence-corrected chi connectivity index (χ3v) is 4.33. The second-order valence-corrected chi connectivity index (χ2v) is 6.38. The van der Waals surface area contributed by atoms with Crippen LogP contribution in [0.2, 0.25) is 0 Å². The van der Waals surface area contributed by atoms with Crippen molar-refractivity contribution in [2.24, 2.45) is 0 Å². The summed E-state index contributed by atoms with van der Waals surface area (Å²) in [5.74, 6) is 0. The van der Waals surface area contributed by atoms with E-state index in [0.29, 0.717) is 6.04 Å². The fourth-order valence-electron chi connectivity index (χ4n) is 1.88. The highest BCUT2D eigenvalue weighted by atomic mass is 32.1. The van der Waals surface area contributed by atoms with Crippen molar-refractivity contribution < 1.29 is 0 Å². The van der Waals surface area contributed by atoms with E-state index in [-0.39, 0.29) is 0 Å². The van der Waals surface area contributed by atoms with E-state index in [0.717, 1.165) is 30.8 Å². The first kappa shape index (κ1) is 13.6. The van der Waals surface area contributed by atoms with Gasteiger partial charge in [-0.2, -0.15) is 0 Å².